The number of anilines is 1. The third-order valence-electron chi connectivity index (χ3n) is 5.85. The smallest absolute Gasteiger partial charge is 0.270 e. The summed E-state index contributed by atoms with van der Waals surface area (Å²) in [7, 11) is 1.81. The van der Waals surface area contributed by atoms with Crippen LogP contribution < -0.4 is 10.6 Å². The molecule has 0 spiro atoms. The Bertz CT molecular complexity index is 850. The molecule has 0 atom stereocenters. The van der Waals surface area contributed by atoms with E-state index in [1.54, 1.807) is 4.68 Å². The van der Waals surface area contributed by atoms with Gasteiger partial charge in [0.05, 0.1) is 6.20 Å². The summed E-state index contributed by atoms with van der Waals surface area (Å²) in [6, 6.07) is 7.67. The van der Waals surface area contributed by atoms with Crippen LogP contribution in [0.1, 0.15) is 66.1 Å². The number of hydrogen-bond acceptors (Lipinski definition) is 3. The summed E-state index contributed by atoms with van der Waals surface area (Å²) in [6.45, 7) is 0.418. The lowest BCUT2D eigenvalue weighted by Gasteiger charge is -2.25. The van der Waals surface area contributed by atoms with Gasteiger partial charge in [0.15, 0.2) is 0 Å². The lowest BCUT2D eigenvalue weighted by Crippen LogP contribution is -2.28. The van der Waals surface area contributed by atoms with Gasteiger partial charge in [-0.15, -0.1) is 0 Å². The second-order valence-corrected chi connectivity index (χ2v) is 7.70. The average Bonchev–Trinajstić information content (AvgIpc) is 2.91. The average molecular weight is 366 g/mol. The third kappa shape index (κ3) is 3.75. The Morgan fingerprint density at radius 2 is 1.96 bits per heavy atom. The van der Waals surface area contributed by atoms with Gasteiger partial charge in [-0.2, -0.15) is 5.10 Å². The van der Waals surface area contributed by atoms with Gasteiger partial charge in [0.25, 0.3) is 5.91 Å². The summed E-state index contributed by atoms with van der Waals surface area (Å²) in [5.74, 6) is 0.621. The minimum atomic E-state index is -0.0965. The Hall–Kier alpha value is -2.63. The van der Waals surface area contributed by atoms with Gasteiger partial charge in [0.1, 0.15) is 5.69 Å². The second kappa shape index (κ2) is 7.55. The number of nitrogens with zero attached hydrogens (tertiary/aromatic N) is 2. The zero-order valence-electron chi connectivity index (χ0n) is 15.7. The molecule has 1 aromatic carbocycles. The van der Waals surface area contributed by atoms with Crippen LogP contribution in [0.5, 0.6) is 0 Å². The number of aromatic nitrogens is 2. The van der Waals surface area contributed by atoms with Crippen LogP contribution in [-0.4, -0.2) is 21.6 Å². The molecule has 6 nitrogen and oxygen atoms in total. The largest absolute Gasteiger partial charge is 0.347 e. The van der Waals surface area contributed by atoms with Crippen molar-refractivity contribution in [3.63, 3.8) is 0 Å². The van der Waals surface area contributed by atoms with Gasteiger partial charge in [-0.3, -0.25) is 14.3 Å². The summed E-state index contributed by atoms with van der Waals surface area (Å²) in [4.78, 5) is 24.8. The van der Waals surface area contributed by atoms with E-state index in [4.69, 9.17) is 0 Å². The molecule has 2 aliphatic rings. The van der Waals surface area contributed by atoms with Gasteiger partial charge in [-0.1, -0.05) is 25.0 Å². The van der Waals surface area contributed by atoms with Gasteiger partial charge in [0.2, 0.25) is 5.91 Å². The number of amides is 2. The van der Waals surface area contributed by atoms with Gasteiger partial charge in [-0.05, 0) is 49.3 Å². The van der Waals surface area contributed by atoms with Crippen LogP contribution in [-0.2, 0) is 18.4 Å². The maximum absolute atomic E-state index is 12.7. The van der Waals surface area contributed by atoms with Crippen LogP contribution in [0.15, 0.2) is 30.5 Å². The fourth-order valence-electron chi connectivity index (χ4n) is 3.69. The minimum absolute atomic E-state index is 0.0965. The predicted octanol–water partition coefficient (Wildman–Crippen LogP) is 3.36. The van der Waals surface area contributed by atoms with Crippen LogP contribution in [0.4, 0.5) is 5.69 Å². The highest BCUT2D eigenvalue weighted by Crippen LogP contribution is 2.37. The number of carbonyl (C=O) groups is 2. The molecule has 142 valence electrons. The summed E-state index contributed by atoms with van der Waals surface area (Å²) in [6.07, 6.45) is 8.42. The van der Waals surface area contributed by atoms with Crippen molar-refractivity contribution in [2.45, 2.75) is 51.0 Å². The summed E-state index contributed by atoms with van der Waals surface area (Å²) in [5, 5.41) is 10.3. The fourth-order valence-corrected chi connectivity index (χ4v) is 3.69. The van der Waals surface area contributed by atoms with Crippen LogP contribution in [0, 0.1) is 5.92 Å². The van der Waals surface area contributed by atoms with Crippen molar-refractivity contribution >= 4 is 17.5 Å². The van der Waals surface area contributed by atoms with Crippen LogP contribution >= 0.6 is 0 Å². The van der Waals surface area contributed by atoms with Crippen LogP contribution in [0.2, 0.25) is 0 Å². The zero-order valence-corrected chi connectivity index (χ0v) is 15.7. The Morgan fingerprint density at radius 1 is 1.19 bits per heavy atom. The van der Waals surface area contributed by atoms with Gasteiger partial charge in [0, 0.05) is 30.8 Å². The van der Waals surface area contributed by atoms with E-state index >= 15 is 0 Å². The zero-order chi connectivity index (χ0) is 18.8. The monoisotopic (exact) mass is 366 g/mol. The number of nitrogens with one attached hydrogen (secondary N) is 2. The quantitative estimate of drug-likeness (QED) is 0.823. The Morgan fingerprint density at radius 3 is 2.63 bits per heavy atom. The molecule has 1 aromatic heterocycles. The second-order valence-electron chi connectivity index (χ2n) is 7.70. The van der Waals surface area contributed by atoms with E-state index in [-0.39, 0.29) is 17.7 Å². The van der Waals surface area contributed by atoms with Crippen LogP contribution in [0.25, 0.3) is 0 Å². The lowest BCUT2D eigenvalue weighted by atomic mass is 9.80. The van der Waals surface area contributed by atoms with E-state index in [1.807, 2.05) is 37.5 Å². The molecule has 2 amide bonds. The van der Waals surface area contributed by atoms with Crippen LogP contribution in [0.3, 0.4) is 0 Å². The van der Waals surface area contributed by atoms with E-state index in [2.05, 4.69) is 15.7 Å². The Kier molecular flexibility index (Phi) is 4.97. The van der Waals surface area contributed by atoms with E-state index < -0.39 is 0 Å². The van der Waals surface area contributed by atoms with Crippen molar-refractivity contribution < 1.29 is 9.59 Å². The lowest BCUT2D eigenvalue weighted by molar-refractivity contribution is -0.122. The summed E-state index contributed by atoms with van der Waals surface area (Å²) >= 11 is 0. The van der Waals surface area contributed by atoms with E-state index in [9.17, 15) is 9.59 Å². The number of rotatable bonds is 6. The SMILES string of the molecule is Cn1ncc(C2CCC2)c1C(=O)NCc1cccc(NC(=O)C2CCC2)c1. The first-order valence-corrected chi connectivity index (χ1v) is 9.81. The molecule has 6 heteroatoms. The number of hydrogen-bond donors (Lipinski definition) is 2. The molecule has 2 saturated carbocycles. The molecular formula is C21H26N4O2. The van der Waals surface area contributed by atoms with Gasteiger partial charge < -0.3 is 10.6 Å². The molecule has 0 radical (unpaired) electrons. The number of benzene rings is 1. The van der Waals surface area contributed by atoms with Crippen molar-refractivity contribution in [3.8, 4) is 0 Å². The molecule has 27 heavy (non-hydrogen) atoms. The normalized spacial score (nSPS) is 17.1. The van der Waals surface area contributed by atoms with Crippen molar-refractivity contribution in [2.24, 2.45) is 13.0 Å². The molecule has 0 aliphatic heterocycles. The highest BCUT2D eigenvalue weighted by atomic mass is 16.2. The standard InChI is InChI=1S/C21H26N4O2/c1-25-19(18(13-23-25)15-6-3-7-15)21(27)22-12-14-5-2-10-17(11-14)24-20(26)16-8-4-9-16/h2,5,10-11,13,15-16H,3-4,6-9,12H2,1H3,(H,22,27)(H,24,26). The molecular weight excluding hydrogens is 340 g/mol. The molecule has 1 heterocycles. The molecule has 2 aromatic rings. The molecule has 2 N–H and O–H groups in total. The van der Waals surface area contributed by atoms with Crippen molar-refractivity contribution in [1.82, 2.24) is 15.1 Å². The topological polar surface area (TPSA) is 76.0 Å². The highest BCUT2D eigenvalue weighted by molar-refractivity contribution is 5.94. The van der Waals surface area contributed by atoms with E-state index in [1.165, 1.54) is 6.42 Å². The first-order valence-electron chi connectivity index (χ1n) is 9.81. The Balaban J connectivity index is 1.38. The predicted molar refractivity (Wildman–Crippen MR) is 103 cm³/mol. The first-order chi connectivity index (χ1) is 13.1. The maximum atomic E-state index is 12.7. The Labute approximate surface area is 159 Å². The molecule has 0 saturated heterocycles. The number of carbonyl (C=O) groups excluding carboxylic acids is 2. The van der Waals surface area contributed by atoms with Crippen molar-refractivity contribution in [3.05, 3.63) is 47.3 Å². The van der Waals surface area contributed by atoms with Crippen molar-refractivity contribution in [1.29, 1.82) is 0 Å². The summed E-state index contributed by atoms with van der Waals surface area (Å²) < 4.78 is 1.66. The molecule has 0 bridgehead atoms. The minimum Gasteiger partial charge on any atom is -0.347 e. The maximum Gasteiger partial charge on any atom is 0.270 e. The summed E-state index contributed by atoms with van der Waals surface area (Å²) in [5.41, 5.74) is 3.47. The first kappa shape index (κ1) is 17.8. The molecule has 4 rings (SSSR count). The van der Waals surface area contributed by atoms with E-state index in [0.717, 1.165) is 48.9 Å². The van der Waals surface area contributed by atoms with Crippen molar-refractivity contribution in [2.75, 3.05) is 5.32 Å². The number of aryl methyl sites for hydroxylation is 1. The van der Waals surface area contributed by atoms with Gasteiger partial charge >= 0.3 is 0 Å². The fraction of sp³-hybridized carbons (Fsp3) is 0.476. The molecule has 0 unspecified atom stereocenters. The molecule has 2 fully saturated rings. The van der Waals surface area contributed by atoms with Gasteiger partial charge in [-0.25, -0.2) is 0 Å². The highest BCUT2D eigenvalue weighted by Gasteiger charge is 2.28. The molecule has 2 aliphatic carbocycles. The third-order valence-corrected chi connectivity index (χ3v) is 5.85. The van der Waals surface area contributed by atoms with E-state index in [0.29, 0.717) is 18.2 Å².